The zero-order chi connectivity index (χ0) is 21.8. The number of carbonyl (C=O) groups excluding carboxylic acids is 1. The normalized spacial score (nSPS) is 11.0. The van der Waals surface area contributed by atoms with Crippen molar-refractivity contribution in [3.63, 3.8) is 0 Å². The summed E-state index contributed by atoms with van der Waals surface area (Å²) in [5, 5.41) is 13.6. The van der Waals surface area contributed by atoms with Crippen LogP contribution >= 0.6 is 0 Å². The van der Waals surface area contributed by atoms with E-state index in [2.05, 4.69) is 25.3 Å². The Balaban J connectivity index is 1.40. The van der Waals surface area contributed by atoms with Crippen LogP contribution in [0.15, 0.2) is 67.0 Å². The topological polar surface area (TPSA) is 84.8 Å². The molecule has 4 aromatic rings. The highest BCUT2D eigenvalue weighted by Gasteiger charge is 2.13. The summed E-state index contributed by atoms with van der Waals surface area (Å²) in [4.78, 5) is 12.5. The van der Waals surface area contributed by atoms with Gasteiger partial charge in [-0.05, 0) is 48.0 Å². The summed E-state index contributed by atoms with van der Waals surface area (Å²) in [5.41, 5.74) is 2.51. The predicted molar refractivity (Wildman–Crippen MR) is 106 cm³/mol. The third-order valence-electron chi connectivity index (χ3n) is 4.32. The number of benzene rings is 2. The molecule has 7 nitrogen and oxygen atoms in total. The monoisotopic (exact) mass is 427 g/mol. The summed E-state index contributed by atoms with van der Waals surface area (Å²) >= 11 is 0. The highest BCUT2D eigenvalue weighted by atomic mass is 19.3. The highest BCUT2D eigenvalue weighted by molar-refractivity contribution is 6.03. The van der Waals surface area contributed by atoms with Crippen LogP contribution in [-0.4, -0.2) is 32.5 Å². The van der Waals surface area contributed by atoms with E-state index in [4.69, 9.17) is 0 Å². The number of ether oxygens (including phenoxy) is 1. The SMILES string of the molecule is O=C(Nc1cnn(Cc2cccc(F)c2)c1)c1cc(-c2ccc(OC(F)F)cc2)n[nH]1. The van der Waals surface area contributed by atoms with Gasteiger partial charge in [0.2, 0.25) is 0 Å². The first-order valence-corrected chi connectivity index (χ1v) is 9.15. The predicted octanol–water partition coefficient (Wildman–Crippen LogP) is 4.31. The van der Waals surface area contributed by atoms with Crippen molar-refractivity contribution in [3.8, 4) is 17.0 Å². The molecule has 0 radical (unpaired) electrons. The fourth-order valence-electron chi connectivity index (χ4n) is 2.93. The van der Waals surface area contributed by atoms with Crippen LogP contribution in [0.5, 0.6) is 5.75 Å². The standard InChI is InChI=1S/C21H16F3N5O2/c22-15-3-1-2-13(8-15)11-29-12-16(10-25-29)26-20(30)19-9-18(27-28-19)14-4-6-17(7-5-14)31-21(23)24/h1-10,12,21H,11H2,(H,26,30)(H,27,28). The van der Waals surface area contributed by atoms with E-state index in [9.17, 15) is 18.0 Å². The molecule has 2 aromatic heterocycles. The summed E-state index contributed by atoms with van der Waals surface area (Å²) in [6.07, 6.45) is 3.11. The van der Waals surface area contributed by atoms with Crippen molar-refractivity contribution in [2.24, 2.45) is 0 Å². The van der Waals surface area contributed by atoms with Crippen molar-refractivity contribution < 1.29 is 22.7 Å². The van der Waals surface area contributed by atoms with E-state index >= 15 is 0 Å². The average Bonchev–Trinajstić information content (AvgIpc) is 3.38. The molecule has 0 aliphatic carbocycles. The van der Waals surface area contributed by atoms with Crippen LogP contribution in [0.2, 0.25) is 0 Å². The molecule has 0 fully saturated rings. The van der Waals surface area contributed by atoms with Crippen molar-refractivity contribution in [2.45, 2.75) is 13.2 Å². The van der Waals surface area contributed by atoms with E-state index in [1.54, 1.807) is 35.1 Å². The lowest BCUT2D eigenvalue weighted by molar-refractivity contribution is -0.0498. The number of aromatic amines is 1. The zero-order valence-corrected chi connectivity index (χ0v) is 15.9. The quantitative estimate of drug-likeness (QED) is 0.460. The molecule has 1 amide bonds. The smallest absolute Gasteiger partial charge is 0.387 e. The van der Waals surface area contributed by atoms with Gasteiger partial charge in [0.15, 0.2) is 0 Å². The Morgan fingerprint density at radius 2 is 1.97 bits per heavy atom. The average molecular weight is 427 g/mol. The number of rotatable bonds is 7. The molecule has 2 aromatic carbocycles. The molecule has 10 heteroatoms. The van der Waals surface area contributed by atoms with Crippen LogP contribution < -0.4 is 10.1 Å². The lowest BCUT2D eigenvalue weighted by Gasteiger charge is -2.04. The Kier molecular flexibility index (Phi) is 5.69. The first-order chi connectivity index (χ1) is 15.0. The number of hydrogen-bond acceptors (Lipinski definition) is 4. The van der Waals surface area contributed by atoms with Gasteiger partial charge in [-0.1, -0.05) is 12.1 Å². The lowest BCUT2D eigenvalue weighted by atomic mass is 10.1. The van der Waals surface area contributed by atoms with Gasteiger partial charge in [0.25, 0.3) is 5.91 Å². The summed E-state index contributed by atoms with van der Waals surface area (Å²) in [6, 6.07) is 13.6. The molecule has 0 spiro atoms. The van der Waals surface area contributed by atoms with E-state index in [1.165, 1.54) is 36.5 Å². The van der Waals surface area contributed by atoms with Gasteiger partial charge < -0.3 is 10.1 Å². The molecule has 0 atom stereocenters. The highest BCUT2D eigenvalue weighted by Crippen LogP contribution is 2.22. The number of alkyl halides is 2. The molecule has 2 N–H and O–H groups in total. The Labute approximate surface area is 174 Å². The van der Waals surface area contributed by atoms with E-state index in [0.29, 0.717) is 23.5 Å². The fourth-order valence-corrected chi connectivity index (χ4v) is 2.93. The van der Waals surface area contributed by atoms with Crippen LogP contribution in [-0.2, 0) is 6.54 Å². The van der Waals surface area contributed by atoms with Crippen LogP contribution in [0, 0.1) is 5.82 Å². The summed E-state index contributed by atoms with van der Waals surface area (Å²) in [7, 11) is 0. The summed E-state index contributed by atoms with van der Waals surface area (Å²) < 4.78 is 43.7. The third-order valence-corrected chi connectivity index (χ3v) is 4.32. The van der Waals surface area contributed by atoms with Gasteiger partial charge in [0.1, 0.15) is 17.3 Å². The van der Waals surface area contributed by atoms with Gasteiger partial charge in [0.05, 0.1) is 24.1 Å². The Morgan fingerprint density at radius 1 is 1.16 bits per heavy atom. The van der Waals surface area contributed by atoms with Crippen molar-refractivity contribution >= 4 is 11.6 Å². The van der Waals surface area contributed by atoms with Crippen LogP contribution in [0.1, 0.15) is 16.1 Å². The molecule has 31 heavy (non-hydrogen) atoms. The minimum atomic E-state index is -2.90. The van der Waals surface area contributed by atoms with Crippen molar-refractivity contribution in [3.05, 3.63) is 84.1 Å². The molecule has 0 saturated carbocycles. The van der Waals surface area contributed by atoms with Gasteiger partial charge in [0, 0.05) is 11.8 Å². The molecule has 0 saturated heterocycles. The molecule has 0 bridgehead atoms. The molecule has 0 unspecified atom stereocenters. The van der Waals surface area contributed by atoms with Crippen LogP contribution in [0.25, 0.3) is 11.3 Å². The number of hydrogen-bond donors (Lipinski definition) is 2. The molecule has 2 heterocycles. The minimum Gasteiger partial charge on any atom is -0.435 e. The number of nitrogens with one attached hydrogen (secondary N) is 2. The summed E-state index contributed by atoms with van der Waals surface area (Å²) in [5.74, 6) is -0.728. The number of aromatic nitrogens is 4. The minimum absolute atomic E-state index is 0.0301. The second-order valence-corrected chi connectivity index (χ2v) is 6.58. The molecule has 0 aliphatic rings. The number of halogens is 3. The van der Waals surface area contributed by atoms with E-state index in [0.717, 1.165) is 5.56 Å². The maximum Gasteiger partial charge on any atom is 0.387 e. The van der Waals surface area contributed by atoms with E-state index in [1.807, 2.05) is 0 Å². The molecule has 158 valence electrons. The van der Waals surface area contributed by atoms with Crippen molar-refractivity contribution in [1.29, 1.82) is 0 Å². The van der Waals surface area contributed by atoms with Gasteiger partial charge in [-0.3, -0.25) is 14.6 Å². The second kappa shape index (κ2) is 8.74. The van der Waals surface area contributed by atoms with Crippen LogP contribution in [0.4, 0.5) is 18.9 Å². The summed E-state index contributed by atoms with van der Waals surface area (Å²) in [6.45, 7) is -2.54. The van der Waals surface area contributed by atoms with E-state index in [-0.39, 0.29) is 17.3 Å². The number of nitrogens with zero attached hydrogens (tertiary/aromatic N) is 3. The molecular formula is C21H16F3N5O2. The van der Waals surface area contributed by atoms with Crippen molar-refractivity contribution in [2.75, 3.05) is 5.32 Å². The number of amides is 1. The number of H-pyrrole nitrogens is 1. The first kappa shape index (κ1) is 20.2. The largest absolute Gasteiger partial charge is 0.435 e. The third kappa shape index (κ3) is 5.10. The Hall–Kier alpha value is -4.08. The first-order valence-electron chi connectivity index (χ1n) is 9.15. The molecule has 4 rings (SSSR count). The Bertz CT molecular complexity index is 1190. The second-order valence-electron chi connectivity index (χ2n) is 6.58. The number of carbonyl (C=O) groups is 1. The number of anilines is 1. The maximum atomic E-state index is 13.3. The zero-order valence-electron chi connectivity index (χ0n) is 15.9. The van der Waals surface area contributed by atoms with Gasteiger partial charge in [-0.2, -0.15) is 19.0 Å². The van der Waals surface area contributed by atoms with Gasteiger partial charge in [-0.15, -0.1) is 0 Å². The molecular weight excluding hydrogens is 411 g/mol. The molecule has 0 aliphatic heterocycles. The van der Waals surface area contributed by atoms with Gasteiger partial charge >= 0.3 is 6.61 Å². The maximum absolute atomic E-state index is 13.3. The van der Waals surface area contributed by atoms with Gasteiger partial charge in [-0.25, -0.2) is 4.39 Å². The van der Waals surface area contributed by atoms with Crippen molar-refractivity contribution in [1.82, 2.24) is 20.0 Å². The Morgan fingerprint density at radius 3 is 2.71 bits per heavy atom. The fraction of sp³-hybridized carbons (Fsp3) is 0.0952. The van der Waals surface area contributed by atoms with E-state index < -0.39 is 12.5 Å². The lowest BCUT2D eigenvalue weighted by Crippen LogP contribution is -2.11. The van der Waals surface area contributed by atoms with Crippen LogP contribution in [0.3, 0.4) is 0 Å².